The minimum absolute atomic E-state index is 0.321. The van der Waals surface area contributed by atoms with Crippen LogP contribution in [-0.2, 0) is 14.2 Å². The van der Waals surface area contributed by atoms with Crippen LogP contribution in [0, 0.1) is 0 Å². The standard InChI is InChI=1S/C6H12O5.C5H10O5/c1-10-6-5(9)4(8)3(2-7)11-6;6-1-2-3(7)4(8)5(9)10-2/h3-9H,2H2,1H3;2-9H,1H2/t3-,4?,5+,6-;2-,3?,4+,5-/m11/s1. The van der Waals surface area contributed by atoms with E-state index in [1.807, 2.05) is 0 Å². The lowest BCUT2D eigenvalue weighted by molar-refractivity contribution is -0.153. The van der Waals surface area contributed by atoms with Gasteiger partial charge < -0.3 is 50.0 Å². The monoisotopic (exact) mass is 314 g/mol. The fourth-order valence-electron chi connectivity index (χ4n) is 1.94. The highest BCUT2D eigenvalue weighted by molar-refractivity contribution is 4.86. The van der Waals surface area contributed by atoms with Crippen LogP contribution >= 0.6 is 0 Å². The minimum Gasteiger partial charge on any atom is -0.394 e. The third-order valence-electron chi connectivity index (χ3n) is 3.25. The van der Waals surface area contributed by atoms with Crippen molar-refractivity contribution >= 4 is 0 Å². The van der Waals surface area contributed by atoms with Crippen molar-refractivity contribution in [2.24, 2.45) is 0 Å². The number of rotatable bonds is 3. The summed E-state index contributed by atoms with van der Waals surface area (Å²) in [7, 11) is 1.36. The van der Waals surface area contributed by atoms with Gasteiger partial charge in [-0.15, -0.1) is 0 Å². The van der Waals surface area contributed by atoms with Gasteiger partial charge in [0, 0.05) is 7.11 Å². The van der Waals surface area contributed by atoms with Crippen LogP contribution in [0.15, 0.2) is 0 Å². The van der Waals surface area contributed by atoms with Crippen molar-refractivity contribution in [2.75, 3.05) is 20.3 Å². The Morgan fingerprint density at radius 3 is 1.48 bits per heavy atom. The molecule has 2 saturated heterocycles. The molecule has 2 aliphatic rings. The maximum absolute atomic E-state index is 9.15. The van der Waals surface area contributed by atoms with Gasteiger partial charge in [-0.2, -0.15) is 0 Å². The second-order valence-corrected chi connectivity index (χ2v) is 4.67. The number of hydrogen-bond acceptors (Lipinski definition) is 10. The molecule has 0 bridgehead atoms. The Morgan fingerprint density at radius 1 is 0.762 bits per heavy atom. The largest absolute Gasteiger partial charge is 0.394 e. The Bertz CT molecular complexity index is 285. The number of hydrogen-bond donors (Lipinski definition) is 7. The average molecular weight is 314 g/mol. The quantitative estimate of drug-likeness (QED) is 0.269. The van der Waals surface area contributed by atoms with Gasteiger partial charge in [0.1, 0.15) is 36.6 Å². The summed E-state index contributed by atoms with van der Waals surface area (Å²) in [6, 6.07) is 0. The summed E-state index contributed by atoms with van der Waals surface area (Å²) in [5.74, 6) is 0. The lowest BCUT2D eigenvalue weighted by Crippen LogP contribution is -2.34. The van der Waals surface area contributed by atoms with Crippen LogP contribution in [0.5, 0.6) is 0 Å². The maximum atomic E-state index is 9.15. The second-order valence-electron chi connectivity index (χ2n) is 4.67. The van der Waals surface area contributed by atoms with Crippen LogP contribution in [-0.4, -0.2) is 105 Å². The summed E-state index contributed by atoms with van der Waals surface area (Å²) in [4.78, 5) is 0. The molecule has 7 N–H and O–H groups in total. The van der Waals surface area contributed by atoms with E-state index in [0.717, 1.165) is 0 Å². The van der Waals surface area contributed by atoms with E-state index in [9.17, 15) is 0 Å². The molecule has 0 spiro atoms. The van der Waals surface area contributed by atoms with E-state index >= 15 is 0 Å². The van der Waals surface area contributed by atoms with Crippen molar-refractivity contribution in [1.82, 2.24) is 0 Å². The van der Waals surface area contributed by atoms with Gasteiger partial charge in [0.05, 0.1) is 13.2 Å². The van der Waals surface area contributed by atoms with Crippen molar-refractivity contribution in [1.29, 1.82) is 0 Å². The van der Waals surface area contributed by atoms with Crippen LogP contribution in [0.2, 0.25) is 0 Å². The molecule has 0 radical (unpaired) electrons. The Kier molecular flexibility index (Phi) is 7.36. The molecule has 0 aromatic rings. The van der Waals surface area contributed by atoms with Gasteiger partial charge in [-0.05, 0) is 0 Å². The third-order valence-corrected chi connectivity index (χ3v) is 3.25. The fourth-order valence-corrected chi connectivity index (χ4v) is 1.94. The molecule has 0 aromatic heterocycles. The van der Waals surface area contributed by atoms with Crippen molar-refractivity contribution < 1.29 is 50.0 Å². The van der Waals surface area contributed by atoms with Crippen molar-refractivity contribution in [3.8, 4) is 0 Å². The summed E-state index contributed by atoms with van der Waals surface area (Å²) >= 11 is 0. The van der Waals surface area contributed by atoms with Crippen LogP contribution in [0.25, 0.3) is 0 Å². The van der Waals surface area contributed by atoms with Gasteiger partial charge in [0.25, 0.3) is 0 Å². The van der Waals surface area contributed by atoms with Crippen molar-refractivity contribution in [3.05, 3.63) is 0 Å². The van der Waals surface area contributed by atoms with E-state index in [4.69, 9.17) is 40.5 Å². The molecule has 2 heterocycles. The van der Waals surface area contributed by atoms with Gasteiger partial charge in [-0.25, -0.2) is 0 Å². The van der Waals surface area contributed by atoms with Gasteiger partial charge in [0.15, 0.2) is 12.6 Å². The highest BCUT2D eigenvalue weighted by Gasteiger charge is 2.42. The van der Waals surface area contributed by atoms with E-state index in [0.29, 0.717) is 0 Å². The summed E-state index contributed by atoms with van der Waals surface area (Å²) in [5, 5.41) is 61.9. The summed E-state index contributed by atoms with van der Waals surface area (Å²) in [6.07, 6.45) is -8.46. The molecule has 10 heteroatoms. The highest BCUT2D eigenvalue weighted by Crippen LogP contribution is 2.21. The molecule has 2 aliphatic heterocycles. The highest BCUT2D eigenvalue weighted by atomic mass is 16.7. The molecule has 2 fully saturated rings. The molecule has 10 nitrogen and oxygen atoms in total. The summed E-state index contributed by atoms with van der Waals surface area (Å²) < 4.78 is 14.1. The van der Waals surface area contributed by atoms with Crippen molar-refractivity contribution in [3.63, 3.8) is 0 Å². The number of aliphatic hydroxyl groups excluding tert-OH is 7. The molecule has 8 atom stereocenters. The second kappa shape index (κ2) is 8.29. The van der Waals surface area contributed by atoms with Gasteiger partial charge in [-0.3, -0.25) is 0 Å². The van der Waals surface area contributed by atoms with Crippen LogP contribution in [0.4, 0.5) is 0 Å². The van der Waals surface area contributed by atoms with E-state index in [1.165, 1.54) is 7.11 Å². The molecule has 0 amide bonds. The van der Waals surface area contributed by atoms with Gasteiger partial charge >= 0.3 is 0 Å². The first-order valence-corrected chi connectivity index (χ1v) is 6.33. The molecule has 2 rings (SSSR count). The third kappa shape index (κ3) is 4.29. The number of ether oxygens (including phenoxy) is 3. The number of aliphatic hydroxyl groups is 7. The fraction of sp³-hybridized carbons (Fsp3) is 1.00. The summed E-state index contributed by atoms with van der Waals surface area (Å²) in [6.45, 7) is -0.729. The van der Waals surface area contributed by atoms with Crippen LogP contribution in [0.3, 0.4) is 0 Å². The Morgan fingerprint density at radius 2 is 1.24 bits per heavy atom. The predicted octanol–water partition coefficient (Wildman–Crippen LogP) is -4.51. The Hall–Kier alpha value is -0.400. The molecular weight excluding hydrogens is 292 g/mol. The zero-order valence-corrected chi connectivity index (χ0v) is 11.4. The molecule has 21 heavy (non-hydrogen) atoms. The Labute approximate surface area is 120 Å². The topological polar surface area (TPSA) is 169 Å². The minimum atomic E-state index is -1.38. The van der Waals surface area contributed by atoms with E-state index in [-0.39, 0.29) is 6.61 Å². The number of methoxy groups -OCH3 is 1. The average Bonchev–Trinajstić information content (AvgIpc) is 2.91. The molecule has 2 unspecified atom stereocenters. The Balaban J connectivity index is 0.000000211. The van der Waals surface area contributed by atoms with Crippen molar-refractivity contribution in [2.45, 2.75) is 49.2 Å². The normalized spacial score (nSPS) is 46.3. The predicted molar refractivity (Wildman–Crippen MR) is 64.7 cm³/mol. The lowest BCUT2D eigenvalue weighted by atomic mass is 10.1. The first-order valence-electron chi connectivity index (χ1n) is 6.33. The molecule has 0 aliphatic carbocycles. The SMILES string of the molecule is CO[C@@H]1O[C@H](CO)C(O)[C@@H]1O.OC[C@H]1O[C@@H](O)[C@@H](O)C1O. The van der Waals surface area contributed by atoms with Crippen LogP contribution in [0.1, 0.15) is 0 Å². The zero-order valence-electron chi connectivity index (χ0n) is 11.4. The van der Waals surface area contributed by atoms with E-state index in [2.05, 4.69) is 9.47 Å². The first kappa shape index (κ1) is 18.6. The van der Waals surface area contributed by atoms with E-state index in [1.54, 1.807) is 0 Å². The van der Waals surface area contributed by atoms with Gasteiger partial charge in [-0.1, -0.05) is 0 Å². The molecular formula is C11H22O10. The molecule has 0 saturated carbocycles. The zero-order chi connectivity index (χ0) is 16.2. The van der Waals surface area contributed by atoms with E-state index < -0.39 is 55.8 Å². The smallest absolute Gasteiger partial charge is 0.186 e. The van der Waals surface area contributed by atoms with Crippen LogP contribution < -0.4 is 0 Å². The first-order chi connectivity index (χ1) is 9.87. The van der Waals surface area contributed by atoms with Gasteiger partial charge in [0.2, 0.25) is 0 Å². The molecule has 126 valence electrons. The maximum Gasteiger partial charge on any atom is 0.186 e. The molecule has 0 aromatic carbocycles. The summed E-state index contributed by atoms with van der Waals surface area (Å²) in [5.41, 5.74) is 0. The lowest BCUT2D eigenvalue weighted by Gasteiger charge is -2.11.